The van der Waals surface area contributed by atoms with Crippen LogP contribution in [0.25, 0.3) is 5.52 Å². The number of esters is 1. The van der Waals surface area contributed by atoms with E-state index in [1.165, 1.54) is 6.20 Å². The van der Waals surface area contributed by atoms with E-state index in [1.54, 1.807) is 11.4 Å². The molecule has 0 aliphatic rings. The van der Waals surface area contributed by atoms with Gasteiger partial charge >= 0.3 is 5.97 Å². The Labute approximate surface area is 87.5 Å². The van der Waals surface area contributed by atoms with Crippen LogP contribution < -0.4 is 0 Å². The average molecular weight is 204 g/mol. The number of carbonyl (C=O) groups excluding carboxylic acids is 1. The Kier molecular flexibility index (Phi) is 2.41. The summed E-state index contributed by atoms with van der Waals surface area (Å²) in [6, 6.07) is 3.81. The van der Waals surface area contributed by atoms with Gasteiger partial charge in [0.1, 0.15) is 5.56 Å². The van der Waals surface area contributed by atoms with Crippen molar-refractivity contribution in [1.82, 2.24) is 9.61 Å². The Hall–Kier alpha value is -1.84. The second-order valence-electron chi connectivity index (χ2n) is 3.31. The summed E-state index contributed by atoms with van der Waals surface area (Å²) in [6.45, 7) is 4.14. The van der Waals surface area contributed by atoms with Crippen LogP contribution in [-0.4, -0.2) is 22.2 Å². The van der Waals surface area contributed by atoms with Gasteiger partial charge in [-0.05, 0) is 25.5 Å². The van der Waals surface area contributed by atoms with E-state index >= 15 is 0 Å². The van der Waals surface area contributed by atoms with Gasteiger partial charge in [-0.2, -0.15) is 5.10 Å². The third-order valence-electron chi connectivity index (χ3n) is 2.16. The first-order valence-corrected chi connectivity index (χ1v) is 4.83. The average Bonchev–Trinajstić information content (AvgIpc) is 2.60. The molecular weight excluding hydrogens is 192 g/mol. The molecule has 15 heavy (non-hydrogen) atoms. The van der Waals surface area contributed by atoms with Crippen LogP contribution in [-0.2, 0) is 4.74 Å². The van der Waals surface area contributed by atoms with Gasteiger partial charge in [-0.15, -0.1) is 0 Å². The number of hydrogen-bond donors (Lipinski definition) is 0. The minimum Gasteiger partial charge on any atom is -0.462 e. The molecule has 0 aliphatic heterocycles. The van der Waals surface area contributed by atoms with E-state index in [4.69, 9.17) is 4.74 Å². The molecule has 2 aromatic rings. The molecule has 0 spiro atoms. The molecule has 0 atom stereocenters. The van der Waals surface area contributed by atoms with Crippen molar-refractivity contribution in [2.24, 2.45) is 0 Å². The van der Waals surface area contributed by atoms with Gasteiger partial charge in [0.15, 0.2) is 0 Å². The Balaban J connectivity index is 2.49. The molecule has 2 heterocycles. The smallest absolute Gasteiger partial charge is 0.341 e. The molecule has 0 radical (unpaired) electrons. The molecule has 0 aromatic carbocycles. The van der Waals surface area contributed by atoms with Crippen LogP contribution in [0.3, 0.4) is 0 Å². The third-order valence-corrected chi connectivity index (χ3v) is 2.16. The van der Waals surface area contributed by atoms with E-state index < -0.39 is 0 Å². The summed E-state index contributed by atoms with van der Waals surface area (Å²) in [5.41, 5.74) is 2.39. The zero-order chi connectivity index (χ0) is 10.8. The van der Waals surface area contributed by atoms with Crippen molar-refractivity contribution < 1.29 is 9.53 Å². The van der Waals surface area contributed by atoms with E-state index in [0.29, 0.717) is 12.2 Å². The fraction of sp³-hybridized carbons (Fsp3) is 0.273. The standard InChI is InChI=1S/C11H12N2O2/c1-3-15-11(14)9-6-12-13-7-8(2)4-5-10(9)13/h4-7H,3H2,1-2H3. The van der Waals surface area contributed by atoms with Crippen molar-refractivity contribution in [3.8, 4) is 0 Å². The SMILES string of the molecule is CCOC(=O)c1cnn2cc(C)ccc12. The van der Waals surface area contributed by atoms with Crippen molar-refractivity contribution in [3.63, 3.8) is 0 Å². The molecule has 0 fully saturated rings. The maximum absolute atomic E-state index is 11.5. The number of ether oxygens (including phenoxy) is 1. The van der Waals surface area contributed by atoms with Crippen molar-refractivity contribution in [2.45, 2.75) is 13.8 Å². The lowest BCUT2D eigenvalue weighted by Crippen LogP contribution is -2.03. The summed E-state index contributed by atoms with van der Waals surface area (Å²) in [4.78, 5) is 11.5. The van der Waals surface area contributed by atoms with Gasteiger partial charge in [0.2, 0.25) is 0 Å². The summed E-state index contributed by atoms with van der Waals surface area (Å²) < 4.78 is 6.61. The van der Waals surface area contributed by atoms with Crippen molar-refractivity contribution >= 4 is 11.5 Å². The Morgan fingerprint density at radius 2 is 2.33 bits per heavy atom. The van der Waals surface area contributed by atoms with Crippen LogP contribution in [0.4, 0.5) is 0 Å². The van der Waals surface area contributed by atoms with Crippen LogP contribution in [0.5, 0.6) is 0 Å². The lowest BCUT2D eigenvalue weighted by Gasteiger charge is -1.99. The molecule has 2 aromatic heterocycles. The Bertz CT molecular complexity index is 502. The predicted octanol–water partition coefficient (Wildman–Crippen LogP) is 1.82. The van der Waals surface area contributed by atoms with E-state index in [0.717, 1.165) is 11.1 Å². The Morgan fingerprint density at radius 1 is 1.53 bits per heavy atom. The molecule has 4 heteroatoms. The first-order chi connectivity index (χ1) is 7.22. The van der Waals surface area contributed by atoms with Gasteiger partial charge in [0.05, 0.1) is 18.3 Å². The fourth-order valence-electron chi connectivity index (χ4n) is 1.45. The maximum atomic E-state index is 11.5. The van der Waals surface area contributed by atoms with Crippen molar-refractivity contribution in [1.29, 1.82) is 0 Å². The molecular formula is C11H12N2O2. The molecule has 78 valence electrons. The van der Waals surface area contributed by atoms with Crippen molar-refractivity contribution in [2.75, 3.05) is 6.61 Å². The van der Waals surface area contributed by atoms with Gasteiger partial charge in [-0.1, -0.05) is 6.07 Å². The highest BCUT2D eigenvalue weighted by atomic mass is 16.5. The Morgan fingerprint density at radius 3 is 3.07 bits per heavy atom. The highest BCUT2D eigenvalue weighted by Gasteiger charge is 2.12. The van der Waals surface area contributed by atoms with Gasteiger partial charge < -0.3 is 4.74 Å². The highest BCUT2D eigenvalue weighted by Crippen LogP contribution is 2.12. The summed E-state index contributed by atoms with van der Waals surface area (Å²) in [5, 5.41) is 4.10. The van der Waals surface area contributed by atoms with E-state index in [9.17, 15) is 4.79 Å². The largest absolute Gasteiger partial charge is 0.462 e. The number of rotatable bonds is 2. The summed E-state index contributed by atoms with van der Waals surface area (Å²) in [6.07, 6.45) is 3.41. The summed E-state index contributed by atoms with van der Waals surface area (Å²) >= 11 is 0. The number of carbonyl (C=O) groups is 1. The van der Waals surface area contributed by atoms with Crippen LogP contribution in [0.2, 0.25) is 0 Å². The number of hydrogen-bond acceptors (Lipinski definition) is 3. The van der Waals surface area contributed by atoms with E-state index in [2.05, 4.69) is 5.10 Å². The number of fused-ring (bicyclic) bond motifs is 1. The first-order valence-electron chi connectivity index (χ1n) is 4.83. The van der Waals surface area contributed by atoms with Gasteiger partial charge in [0.25, 0.3) is 0 Å². The number of aromatic nitrogens is 2. The minimum absolute atomic E-state index is 0.323. The normalized spacial score (nSPS) is 10.5. The second-order valence-corrected chi connectivity index (χ2v) is 3.31. The lowest BCUT2D eigenvalue weighted by molar-refractivity contribution is 0.0528. The molecule has 2 rings (SSSR count). The molecule has 4 nitrogen and oxygen atoms in total. The summed E-state index contributed by atoms with van der Waals surface area (Å²) in [5.74, 6) is -0.323. The molecule has 0 aliphatic carbocycles. The van der Waals surface area contributed by atoms with Gasteiger partial charge in [-0.25, -0.2) is 9.31 Å². The van der Waals surface area contributed by atoms with Crippen LogP contribution >= 0.6 is 0 Å². The number of aryl methyl sites for hydroxylation is 1. The molecule has 0 bridgehead atoms. The minimum atomic E-state index is -0.323. The van der Waals surface area contributed by atoms with Gasteiger partial charge in [0, 0.05) is 6.20 Å². The van der Waals surface area contributed by atoms with E-state index in [1.807, 2.05) is 25.3 Å². The topological polar surface area (TPSA) is 43.6 Å². The van der Waals surface area contributed by atoms with Gasteiger partial charge in [-0.3, -0.25) is 0 Å². The molecule has 0 saturated heterocycles. The molecule has 0 amide bonds. The van der Waals surface area contributed by atoms with Crippen molar-refractivity contribution in [3.05, 3.63) is 35.7 Å². The fourth-order valence-corrected chi connectivity index (χ4v) is 1.45. The number of pyridine rings is 1. The van der Waals surface area contributed by atoms with Crippen LogP contribution in [0.1, 0.15) is 22.8 Å². The lowest BCUT2D eigenvalue weighted by atomic mass is 10.2. The van der Waals surface area contributed by atoms with Crippen LogP contribution in [0.15, 0.2) is 24.5 Å². The van der Waals surface area contributed by atoms with Crippen LogP contribution in [0, 0.1) is 6.92 Å². The summed E-state index contributed by atoms with van der Waals surface area (Å²) in [7, 11) is 0. The third kappa shape index (κ3) is 1.70. The molecule has 0 N–H and O–H groups in total. The zero-order valence-corrected chi connectivity index (χ0v) is 8.73. The monoisotopic (exact) mass is 204 g/mol. The first kappa shape index (κ1) is 9.71. The number of nitrogens with zero attached hydrogens (tertiary/aromatic N) is 2. The maximum Gasteiger partial charge on any atom is 0.341 e. The van der Waals surface area contributed by atoms with E-state index in [-0.39, 0.29) is 5.97 Å². The molecule has 0 saturated carbocycles. The zero-order valence-electron chi connectivity index (χ0n) is 8.73. The quantitative estimate of drug-likeness (QED) is 0.701. The predicted molar refractivity (Wildman–Crippen MR) is 55.9 cm³/mol. The second kappa shape index (κ2) is 3.73. The highest BCUT2D eigenvalue weighted by molar-refractivity contribution is 5.96. The molecule has 0 unspecified atom stereocenters.